The van der Waals surface area contributed by atoms with E-state index in [0.29, 0.717) is 13.0 Å². The number of nitrogens with zero attached hydrogens (tertiary/aromatic N) is 4. The number of H-pyrrole nitrogens is 1. The van der Waals surface area contributed by atoms with E-state index in [1.165, 1.54) is 11.1 Å². The van der Waals surface area contributed by atoms with Crippen molar-refractivity contribution in [2.24, 2.45) is 5.73 Å². The van der Waals surface area contributed by atoms with Crippen molar-refractivity contribution in [3.05, 3.63) is 0 Å². The summed E-state index contributed by atoms with van der Waals surface area (Å²) in [4.78, 5) is 13.3. The van der Waals surface area contributed by atoms with Crippen LogP contribution in [0.4, 0.5) is 5.95 Å². The molecule has 1 aromatic rings. The van der Waals surface area contributed by atoms with Gasteiger partial charge in [0.15, 0.2) is 0 Å². The first kappa shape index (κ1) is 15.2. The quantitative estimate of drug-likeness (QED) is 0.331. The number of nitrogens with one attached hydrogen (secondary N) is 3. The SMILES string of the molecule is CN(C(=O)C(N)CCCCNCC=N)c1nnn[nH]1. The van der Waals surface area contributed by atoms with Gasteiger partial charge in [-0.2, -0.15) is 0 Å². The zero-order valence-electron chi connectivity index (χ0n) is 11.0. The molecule has 5 N–H and O–H groups in total. The Morgan fingerprint density at radius 3 is 3.05 bits per heavy atom. The minimum Gasteiger partial charge on any atom is -0.320 e. The van der Waals surface area contributed by atoms with Crippen molar-refractivity contribution in [2.45, 2.75) is 25.3 Å². The molecule has 1 amide bonds. The van der Waals surface area contributed by atoms with E-state index >= 15 is 0 Å². The molecule has 1 heterocycles. The fraction of sp³-hybridized carbons (Fsp3) is 0.700. The molecule has 0 radical (unpaired) electrons. The van der Waals surface area contributed by atoms with Gasteiger partial charge in [0.1, 0.15) is 0 Å². The van der Waals surface area contributed by atoms with E-state index in [1.807, 2.05) is 0 Å². The van der Waals surface area contributed by atoms with Crippen LogP contribution in [0.2, 0.25) is 0 Å². The third-order valence-electron chi connectivity index (χ3n) is 2.66. The molecule has 0 fully saturated rings. The van der Waals surface area contributed by atoms with Crippen molar-refractivity contribution in [3.63, 3.8) is 0 Å². The molecule has 0 saturated carbocycles. The molecule has 0 aliphatic rings. The predicted octanol–water partition coefficient (Wildman–Crippen LogP) is -1.10. The Hall–Kier alpha value is -1.87. The number of nitrogens with two attached hydrogens (primary N) is 1. The van der Waals surface area contributed by atoms with Crippen molar-refractivity contribution in [1.29, 1.82) is 5.41 Å². The molecular weight excluding hydrogens is 248 g/mol. The molecule has 0 bridgehead atoms. The van der Waals surface area contributed by atoms with Crippen LogP contribution in [0.25, 0.3) is 0 Å². The minimum atomic E-state index is -0.558. The Balaban J connectivity index is 2.23. The third-order valence-corrected chi connectivity index (χ3v) is 2.66. The van der Waals surface area contributed by atoms with Crippen LogP contribution in [0.5, 0.6) is 0 Å². The lowest BCUT2D eigenvalue weighted by Crippen LogP contribution is -2.42. The van der Waals surface area contributed by atoms with E-state index in [1.54, 1.807) is 7.05 Å². The molecule has 1 atom stereocenters. The first-order valence-corrected chi connectivity index (χ1v) is 6.13. The summed E-state index contributed by atoms with van der Waals surface area (Å²) in [6, 6.07) is -0.558. The second-order valence-electron chi connectivity index (χ2n) is 4.13. The highest BCUT2D eigenvalue weighted by molar-refractivity contribution is 5.94. The van der Waals surface area contributed by atoms with Crippen molar-refractivity contribution in [3.8, 4) is 0 Å². The Labute approximate surface area is 111 Å². The molecule has 0 aliphatic carbocycles. The molecule has 0 spiro atoms. The summed E-state index contributed by atoms with van der Waals surface area (Å²) >= 11 is 0. The topological polar surface area (TPSA) is 137 Å². The van der Waals surface area contributed by atoms with Gasteiger partial charge >= 0.3 is 0 Å². The average Bonchev–Trinajstić information content (AvgIpc) is 2.94. The summed E-state index contributed by atoms with van der Waals surface area (Å²) < 4.78 is 0. The lowest BCUT2D eigenvalue weighted by molar-refractivity contribution is -0.119. The number of tetrazole rings is 1. The van der Waals surface area contributed by atoms with Gasteiger partial charge in [-0.1, -0.05) is 11.5 Å². The maximum atomic E-state index is 11.9. The summed E-state index contributed by atoms with van der Waals surface area (Å²) in [5.74, 6) is 0.0686. The molecule has 9 nitrogen and oxygen atoms in total. The van der Waals surface area contributed by atoms with Crippen LogP contribution in [0.3, 0.4) is 0 Å². The number of rotatable bonds is 9. The molecule has 1 unspecified atom stereocenters. The monoisotopic (exact) mass is 268 g/mol. The molecule has 1 rings (SSSR count). The first-order chi connectivity index (χ1) is 9.16. The van der Waals surface area contributed by atoms with Gasteiger partial charge in [-0.3, -0.25) is 9.69 Å². The number of hydrogen-bond acceptors (Lipinski definition) is 7. The summed E-state index contributed by atoms with van der Waals surface area (Å²) in [5.41, 5.74) is 5.83. The molecular formula is C10H20N8O. The summed E-state index contributed by atoms with van der Waals surface area (Å²) in [7, 11) is 1.58. The molecule has 1 aromatic heterocycles. The number of carbonyl (C=O) groups excluding carboxylic acids is 1. The number of amides is 1. The summed E-state index contributed by atoms with van der Waals surface area (Å²) in [6.07, 6.45) is 3.69. The fourth-order valence-corrected chi connectivity index (χ4v) is 1.56. The van der Waals surface area contributed by atoms with Crippen LogP contribution in [0, 0.1) is 5.41 Å². The summed E-state index contributed by atoms with van der Waals surface area (Å²) in [6.45, 7) is 1.39. The van der Waals surface area contributed by atoms with E-state index in [4.69, 9.17) is 11.1 Å². The average molecular weight is 268 g/mol. The van der Waals surface area contributed by atoms with Crippen LogP contribution in [-0.2, 0) is 4.79 Å². The van der Waals surface area contributed by atoms with Gasteiger partial charge in [0.25, 0.3) is 0 Å². The molecule has 0 aliphatic heterocycles. The third kappa shape index (κ3) is 5.10. The first-order valence-electron chi connectivity index (χ1n) is 6.13. The van der Waals surface area contributed by atoms with Crippen LogP contribution in [0.15, 0.2) is 0 Å². The van der Waals surface area contributed by atoms with Crippen LogP contribution in [-0.4, -0.2) is 58.9 Å². The number of aromatic amines is 1. The minimum absolute atomic E-state index is 0.217. The van der Waals surface area contributed by atoms with E-state index in [9.17, 15) is 4.79 Å². The van der Waals surface area contributed by atoms with E-state index in [-0.39, 0.29) is 11.9 Å². The standard InChI is InChI=1S/C10H20N8O/c1-18(10-14-16-17-15-10)9(19)8(12)4-2-3-6-13-7-5-11/h5,8,11,13H,2-4,6-7,12H2,1H3,(H,14,15,16,17). The van der Waals surface area contributed by atoms with Gasteiger partial charge in [0.05, 0.1) is 6.04 Å². The van der Waals surface area contributed by atoms with Crippen molar-refractivity contribution in [2.75, 3.05) is 25.0 Å². The number of likely N-dealkylation sites (N-methyl/N-ethyl adjacent to an activating group) is 1. The molecule has 19 heavy (non-hydrogen) atoms. The highest BCUT2D eigenvalue weighted by atomic mass is 16.2. The van der Waals surface area contributed by atoms with E-state index in [2.05, 4.69) is 25.9 Å². The van der Waals surface area contributed by atoms with Crippen molar-refractivity contribution >= 4 is 18.1 Å². The highest BCUT2D eigenvalue weighted by Crippen LogP contribution is 2.06. The van der Waals surface area contributed by atoms with E-state index < -0.39 is 6.04 Å². The Bertz CT molecular complexity index is 379. The second kappa shape index (κ2) is 8.27. The zero-order chi connectivity index (χ0) is 14.1. The predicted molar refractivity (Wildman–Crippen MR) is 71.1 cm³/mol. The maximum absolute atomic E-state index is 11.9. The smallest absolute Gasteiger partial charge is 0.249 e. The van der Waals surface area contributed by atoms with Crippen molar-refractivity contribution in [1.82, 2.24) is 25.9 Å². The largest absolute Gasteiger partial charge is 0.320 e. The molecule has 0 saturated heterocycles. The number of anilines is 1. The lowest BCUT2D eigenvalue weighted by atomic mass is 10.1. The normalized spacial score (nSPS) is 12.1. The summed E-state index contributed by atoms with van der Waals surface area (Å²) in [5, 5.41) is 22.9. The highest BCUT2D eigenvalue weighted by Gasteiger charge is 2.20. The van der Waals surface area contributed by atoms with Crippen LogP contribution in [0.1, 0.15) is 19.3 Å². The number of aromatic nitrogens is 4. The van der Waals surface area contributed by atoms with Gasteiger partial charge in [-0.15, -0.1) is 0 Å². The molecule has 0 aromatic carbocycles. The number of unbranched alkanes of at least 4 members (excludes halogenated alkanes) is 1. The zero-order valence-corrected chi connectivity index (χ0v) is 11.0. The lowest BCUT2D eigenvalue weighted by Gasteiger charge is -2.17. The molecule has 106 valence electrons. The van der Waals surface area contributed by atoms with Crippen molar-refractivity contribution < 1.29 is 4.79 Å². The Morgan fingerprint density at radius 1 is 1.63 bits per heavy atom. The van der Waals surface area contributed by atoms with Crippen LogP contribution >= 0.6 is 0 Å². The van der Waals surface area contributed by atoms with Gasteiger partial charge in [0.2, 0.25) is 11.9 Å². The molecule has 9 heteroatoms. The number of hydrogen-bond donors (Lipinski definition) is 4. The number of carbonyl (C=O) groups is 1. The van der Waals surface area contributed by atoms with E-state index in [0.717, 1.165) is 19.4 Å². The maximum Gasteiger partial charge on any atom is 0.249 e. The van der Waals surface area contributed by atoms with Gasteiger partial charge in [-0.25, -0.2) is 5.10 Å². The van der Waals surface area contributed by atoms with Gasteiger partial charge in [0, 0.05) is 19.8 Å². The Morgan fingerprint density at radius 2 is 2.42 bits per heavy atom. The van der Waals surface area contributed by atoms with Gasteiger partial charge < -0.3 is 16.5 Å². The van der Waals surface area contributed by atoms with Crippen LogP contribution < -0.4 is 16.0 Å². The fourth-order valence-electron chi connectivity index (χ4n) is 1.56. The Kier molecular flexibility index (Phi) is 6.61. The van der Waals surface area contributed by atoms with Gasteiger partial charge in [-0.05, 0) is 29.8 Å². The second-order valence-corrected chi connectivity index (χ2v) is 4.13.